The number of imidazole rings is 1. The molecule has 4 heterocycles. The molecule has 5 heteroatoms. The smallest absolute Gasteiger partial charge is 0.147 e. The third-order valence-electron chi connectivity index (χ3n) is 5.63. The van der Waals surface area contributed by atoms with E-state index in [9.17, 15) is 0 Å². The number of nitrogens with zero attached hydrogens (tertiary/aromatic N) is 4. The molecule has 0 N–H and O–H groups in total. The molecular weight excluding hydrogens is 400 g/mol. The van der Waals surface area contributed by atoms with Crippen LogP contribution < -0.4 is 0 Å². The fraction of sp³-hybridized carbons (Fsp3) is 0.115. The second-order valence-electron chi connectivity index (χ2n) is 7.96. The first-order valence-electron chi connectivity index (χ1n) is 10.3. The van der Waals surface area contributed by atoms with E-state index < -0.39 is 0 Å². The molecule has 2 aromatic carbocycles. The molecule has 0 radical (unpaired) electrons. The topological polar surface area (TPSA) is 43.6 Å². The van der Waals surface area contributed by atoms with Gasteiger partial charge in [-0.25, -0.2) is 9.97 Å². The molecule has 6 rings (SSSR count). The Labute approximate surface area is 183 Å². The van der Waals surface area contributed by atoms with Crippen LogP contribution in [-0.4, -0.2) is 19.5 Å². The standard InChI is InChI=1S/C26H20N4S/c1-15-11-12-20-19-7-6-8-21(24(19)31-26(20)28-15)25-29-22-9-4-5-10-23(22)30(25)18-13-16(2)27-17(3)14-18/h4-14H,1-3H3. The summed E-state index contributed by atoms with van der Waals surface area (Å²) in [5.74, 6) is 0.945. The van der Waals surface area contributed by atoms with E-state index in [1.165, 1.54) is 15.5 Å². The average Bonchev–Trinajstić information content (AvgIpc) is 3.30. The van der Waals surface area contributed by atoms with Crippen LogP contribution in [0.5, 0.6) is 0 Å². The molecule has 0 fully saturated rings. The maximum absolute atomic E-state index is 5.09. The van der Waals surface area contributed by atoms with Gasteiger partial charge >= 0.3 is 0 Å². The van der Waals surface area contributed by atoms with Crippen molar-refractivity contribution < 1.29 is 0 Å². The van der Waals surface area contributed by atoms with Gasteiger partial charge in [-0.1, -0.05) is 24.3 Å². The van der Waals surface area contributed by atoms with Crippen LogP contribution >= 0.6 is 11.3 Å². The van der Waals surface area contributed by atoms with Gasteiger partial charge < -0.3 is 0 Å². The molecule has 0 aliphatic rings. The summed E-state index contributed by atoms with van der Waals surface area (Å²) < 4.78 is 3.48. The van der Waals surface area contributed by atoms with E-state index in [-0.39, 0.29) is 0 Å². The number of hydrogen-bond donors (Lipinski definition) is 0. The number of para-hydroxylation sites is 2. The summed E-state index contributed by atoms with van der Waals surface area (Å²) in [7, 11) is 0. The van der Waals surface area contributed by atoms with E-state index in [4.69, 9.17) is 9.97 Å². The van der Waals surface area contributed by atoms with Crippen molar-refractivity contribution in [2.24, 2.45) is 0 Å². The number of benzene rings is 2. The highest BCUT2D eigenvalue weighted by Crippen LogP contribution is 2.40. The minimum atomic E-state index is 0.945. The Bertz CT molecular complexity index is 1600. The predicted molar refractivity (Wildman–Crippen MR) is 129 cm³/mol. The number of hydrogen-bond acceptors (Lipinski definition) is 4. The Balaban J connectivity index is 1.73. The molecule has 0 aliphatic heterocycles. The third-order valence-corrected chi connectivity index (χ3v) is 6.78. The lowest BCUT2D eigenvalue weighted by Gasteiger charge is -2.12. The van der Waals surface area contributed by atoms with Crippen LogP contribution in [0.4, 0.5) is 0 Å². The lowest BCUT2D eigenvalue weighted by Crippen LogP contribution is -2.00. The molecule has 6 aromatic rings. The second kappa shape index (κ2) is 6.72. The number of pyridine rings is 2. The van der Waals surface area contributed by atoms with Crippen LogP contribution in [0, 0.1) is 20.8 Å². The molecule has 150 valence electrons. The highest BCUT2D eigenvalue weighted by Gasteiger charge is 2.19. The van der Waals surface area contributed by atoms with Crippen LogP contribution in [0.2, 0.25) is 0 Å². The maximum atomic E-state index is 5.09. The van der Waals surface area contributed by atoms with Crippen molar-refractivity contribution in [2.45, 2.75) is 20.8 Å². The zero-order valence-corrected chi connectivity index (χ0v) is 18.4. The molecular formula is C26H20N4S. The normalized spacial score (nSPS) is 11.7. The molecule has 0 unspecified atom stereocenters. The average molecular weight is 421 g/mol. The van der Waals surface area contributed by atoms with Crippen molar-refractivity contribution in [1.29, 1.82) is 0 Å². The van der Waals surface area contributed by atoms with Crippen LogP contribution in [0.15, 0.2) is 66.7 Å². The molecule has 0 atom stereocenters. The summed E-state index contributed by atoms with van der Waals surface area (Å²) in [6, 6.07) is 23.3. The monoisotopic (exact) mass is 420 g/mol. The number of aryl methyl sites for hydroxylation is 3. The largest absolute Gasteiger partial charge is 0.292 e. The Kier molecular flexibility index (Phi) is 3.95. The first-order valence-corrected chi connectivity index (χ1v) is 11.1. The first kappa shape index (κ1) is 18.2. The molecule has 4 aromatic heterocycles. The van der Waals surface area contributed by atoms with Gasteiger partial charge in [0.1, 0.15) is 10.7 Å². The third kappa shape index (κ3) is 2.85. The van der Waals surface area contributed by atoms with Gasteiger partial charge in [-0.05, 0) is 63.2 Å². The molecule has 0 spiro atoms. The summed E-state index contributed by atoms with van der Waals surface area (Å²) in [4.78, 5) is 15.5. The maximum Gasteiger partial charge on any atom is 0.147 e. The van der Waals surface area contributed by atoms with Crippen molar-refractivity contribution in [2.75, 3.05) is 0 Å². The van der Waals surface area contributed by atoms with Gasteiger partial charge in [0.05, 0.1) is 16.7 Å². The molecule has 0 aliphatic carbocycles. The molecule has 0 saturated carbocycles. The number of rotatable bonds is 2. The van der Waals surface area contributed by atoms with Gasteiger partial charge in [-0.3, -0.25) is 9.55 Å². The number of thiophene rings is 1. The first-order chi connectivity index (χ1) is 15.1. The van der Waals surface area contributed by atoms with E-state index >= 15 is 0 Å². The molecule has 4 nitrogen and oxygen atoms in total. The number of fused-ring (bicyclic) bond motifs is 4. The Morgan fingerprint density at radius 3 is 2.35 bits per heavy atom. The zero-order chi connectivity index (χ0) is 21.1. The van der Waals surface area contributed by atoms with Crippen LogP contribution in [0.25, 0.3) is 48.4 Å². The molecule has 31 heavy (non-hydrogen) atoms. The summed E-state index contributed by atoms with van der Waals surface area (Å²) in [6.07, 6.45) is 0. The zero-order valence-electron chi connectivity index (χ0n) is 17.5. The summed E-state index contributed by atoms with van der Waals surface area (Å²) >= 11 is 1.74. The van der Waals surface area contributed by atoms with Crippen LogP contribution in [-0.2, 0) is 0 Å². The van der Waals surface area contributed by atoms with Gasteiger partial charge in [-0.15, -0.1) is 11.3 Å². The fourth-order valence-corrected chi connectivity index (χ4v) is 5.59. The van der Waals surface area contributed by atoms with Gasteiger partial charge in [-0.2, -0.15) is 0 Å². The summed E-state index contributed by atoms with van der Waals surface area (Å²) in [5.41, 5.74) is 7.32. The fourth-order valence-electron chi connectivity index (χ4n) is 4.36. The molecule has 0 amide bonds. The van der Waals surface area contributed by atoms with Crippen molar-refractivity contribution >= 4 is 42.7 Å². The summed E-state index contributed by atoms with van der Waals surface area (Å²) in [5, 5.41) is 2.43. The van der Waals surface area contributed by atoms with E-state index in [1.54, 1.807) is 11.3 Å². The highest BCUT2D eigenvalue weighted by atomic mass is 32.1. The lowest BCUT2D eigenvalue weighted by molar-refractivity contribution is 1.05. The van der Waals surface area contributed by atoms with Gasteiger partial charge in [0.15, 0.2) is 0 Å². The Hall–Kier alpha value is -3.57. The molecule has 0 bridgehead atoms. The van der Waals surface area contributed by atoms with Crippen molar-refractivity contribution in [3.05, 3.63) is 83.8 Å². The van der Waals surface area contributed by atoms with E-state index in [2.05, 4.69) is 70.2 Å². The van der Waals surface area contributed by atoms with Crippen LogP contribution in [0.3, 0.4) is 0 Å². The minimum absolute atomic E-state index is 0.945. The van der Waals surface area contributed by atoms with Crippen molar-refractivity contribution in [1.82, 2.24) is 19.5 Å². The lowest BCUT2D eigenvalue weighted by atomic mass is 10.1. The van der Waals surface area contributed by atoms with E-state index in [1.807, 2.05) is 26.8 Å². The number of aromatic nitrogens is 4. The van der Waals surface area contributed by atoms with Gasteiger partial charge in [0.2, 0.25) is 0 Å². The second-order valence-corrected chi connectivity index (χ2v) is 8.96. The SMILES string of the molecule is Cc1cc(-n2c(-c3cccc4c3sc3nc(C)ccc34)nc3ccccc32)cc(C)n1. The van der Waals surface area contributed by atoms with E-state index in [0.29, 0.717) is 0 Å². The quantitative estimate of drug-likeness (QED) is 0.310. The Morgan fingerprint density at radius 2 is 1.52 bits per heavy atom. The van der Waals surface area contributed by atoms with Gasteiger partial charge in [0, 0.05) is 38.1 Å². The summed E-state index contributed by atoms with van der Waals surface area (Å²) in [6.45, 7) is 6.12. The van der Waals surface area contributed by atoms with Crippen molar-refractivity contribution in [3.8, 4) is 17.1 Å². The van der Waals surface area contributed by atoms with Crippen LogP contribution in [0.1, 0.15) is 17.1 Å². The highest BCUT2D eigenvalue weighted by molar-refractivity contribution is 7.26. The predicted octanol–water partition coefficient (Wildman–Crippen LogP) is 6.78. The minimum Gasteiger partial charge on any atom is -0.292 e. The Morgan fingerprint density at radius 1 is 0.710 bits per heavy atom. The molecule has 0 saturated heterocycles. The van der Waals surface area contributed by atoms with E-state index in [0.717, 1.165) is 50.0 Å². The van der Waals surface area contributed by atoms with Gasteiger partial charge in [0.25, 0.3) is 0 Å². The van der Waals surface area contributed by atoms with Crippen molar-refractivity contribution in [3.63, 3.8) is 0 Å².